The summed E-state index contributed by atoms with van der Waals surface area (Å²) in [5.74, 6) is -0.142. The van der Waals surface area contributed by atoms with Gasteiger partial charge in [-0.2, -0.15) is 0 Å². The number of rotatable bonds is 5. The van der Waals surface area contributed by atoms with E-state index in [2.05, 4.69) is 0 Å². The van der Waals surface area contributed by atoms with E-state index in [1.54, 1.807) is 20.8 Å². The fourth-order valence-electron chi connectivity index (χ4n) is 2.18. The molecule has 0 heterocycles. The lowest BCUT2D eigenvalue weighted by Gasteiger charge is -2.23. The van der Waals surface area contributed by atoms with Crippen LogP contribution in [0.25, 0.3) is 0 Å². The molecule has 0 fully saturated rings. The first-order chi connectivity index (χ1) is 8.28. The quantitative estimate of drug-likeness (QED) is 0.763. The van der Waals surface area contributed by atoms with Crippen molar-refractivity contribution in [2.75, 3.05) is 0 Å². The molecule has 0 saturated heterocycles. The van der Waals surface area contributed by atoms with Gasteiger partial charge in [-0.05, 0) is 46.1 Å². The van der Waals surface area contributed by atoms with Crippen LogP contribution in [0.5, 0.6) is 0 Å². The second-order valence-electron chi connectivity index (χ2n) is 5.36. The van der Waals surface area contributed by atoms with Crippen molar-refractivity contribution in [3.05, 3.63) is 22.8 Å². The highest BCUT2D eigenvalue weighted by atomic mass is 16.3. The fourth-order valence-corrected chi connectivity index (χ4v) is 2.18. The van der Waals surface area contributed by atoms with Crippen LogP contribution >= 0.6 is 0 Å². The molecule has 1 rings (SSSR count). The Morgan fingerprint density at radius 1 is 1.17 bits per heavy atom. The van der Waals surface area contributed by atoms with E-state index in [9.17, 15) is 14.7 Å². The van der Waals surface area contributed by atoms with Gasteiger partial charge in [0.05, 0.1) is 5.60 Å². The molecule has 1 N–H and O–H groups in total. The lowest BCUT2D eigenvalue weighted by Crippen LogP contribution is -2.25. The molecule has 0 aromatic carbocycles. The molecule has 0 bridgehead atoms. The molecule has 18 heavy (non-hydrogen) atoms. The summed E-state index contributed by atoms with van der Waals surface area (Å²) in [5.41, 5.74) is 0.833. The van der Waals surface area contributed by atoms with Crippen LogP contribution in [0, 0.1) is 0 Å². The number of carbonyl (C=O) groups is 2. The predicted molar refractivity (Wildman–Crippen MR) is 71.2 cm³/mol. The van der Waals surface area contributed by atoms with Crippen molar-refractivity contribution in [2.24, 2.45) is 0 Å². The van der Waals surface area contributed by atoms with E-state index in [1.165, 1.54) is 6.08 Å². The molecular formula is C15H22O3. The van der Waals surface area contributed by atoms with Gasteiger partial charge in [-0.25, -0.2) is 0 Å². The second-order valence-corrected chi connectivity index (χ2v) is 5.36. The maximum atomic E-state index is 12.0. The monoisotopic (exact) mass is 250 g/mol. The Morgan fingerprint density at radius 2 is 1.78 bits per heavy atom. The number of hydrogen-bond donors (Lipinski definition) is 1. The van der Waals surface area contributed by atoms with Crippen molar-refractivity contribution in [1.82, 2.24) is 0 Å². The third kappa shape index (κ3) is 3.39. The van der Waals surface area contributed by atoms with Gasteiger partial charge >= 0.3 is 0 Å². The van der Waals surface area contributed by atoms with Crippen LogP contribution in [0.15, 0.2) is 22.8 Å². The second kappa shape index (κ2) is 5.61. The van der Waals surface area contributed by atoms with E-state index in [-0.39, 0.29) is 11.6 Å². The van der Waals surface area contributed by atoms with Crippen LogP contribution < -0.4 is 0 Å². The van der Waals surface area contributed by atoms with Gasteiger partial charge in [0.1, 0.15) is 0 Å². The van der Waals surface area contributed by atoms with Gasteiger partial charge in [-0.15, -0.1) is 0 Å². The largest absolute Gasteiger partial charge is 0.390 e. The third-order valence-electron chi connectivity index (χ3n) is 3.59. The van der Waals surface area contributed by atoms with Crippen molar-refractivity contribution in [3.8, 4) is 0 Å². The molecule has 3 heteroatoms. The summed E-state index contributed by atoms with van der Waals surface area (Å²) in [6.07, 6.45) is 4.00. The molecule has 0 aromatic heterocycles. The van der Waals surface area contributed by atoms with Crippen molar-refractivity contribution < 1.29 is 14.7 Å². The van der Waals surface area contributed by atoms with Gasteiger partial charge in [0.2, 0.25) is 0 Å². The van der Waals surface area contributed by atoms with E-state index < -0.39 is 5.60 Å². The summed E-state index contributed by atoms with van der Waals surface area (Å²) in [4.78, 5) is 23.7. The van der Waals surface area contributed by atoms with Crippen LogP contribution in [0.2, 0.25) is 0 Å². The van der Waals surface area contributed by atoms with Crippen LogP contribution in [-0.2, 0) is 9.59 Å². The van der Waals surface area contributed by atoms with Crippen molar-refractivity contribution in [1.29, 1.82) is 0 Å². The number of allylic oxidation sites excluding steroid dienone is 4. The van der Waals surface area contributed by atoms with E-state index in [4.69, 9.17) is 0 Å². The molecule has 0 aliphatic heterocycles. The Hall–Kier alpha value is -1.22. The van der Waals surface area contributed by atoms with Gasteiger partial charge in [0.15, 0.2) is 11.6 Å². The molecule has 0 aromatic rings. The van der Waals surface area contributed by atoms with Crippen LogP contribution in [0.1, 0.15) is 53.4 Å². The Bertz CT molecular complexity index is 425. The highest BCUT2D eigenvalue weighted by Crippen LogP contribution is 2.26. The molecular weight excluding hydrogens is 228 g/mol. The van der Waals surface area contributed by atoms with Gasteiger partial charge in [-0.1, -0.05) is 13.3 Å². The van der Waals surface area contributed by atoms with E-state index in [0.717, 1.165) is 6.42 Å². The topological polar surface area (TPSA) is 54.4 Å². The normalized spacial score (nSPS) is 19.9. The molecule has 1 aliphatic rings. The van der Waals surface area contributed by atoms with Crippen molar-refractivity contribution in [2.45, 2.75) is 59.0 Å². The van der Waals surface area contributed by atoms with Crippen LogP contribution in [-0.4, -0.2) is 22.3 Å². The Labute approximate surface area is 109 Å². The van der Waals surface area contributed by atoms with Gasteiger partial charge in [0, 0.05) is 16.7 Å². The Morgan fingerprint density at radius 3 is 2.33 bits per heavy atom. The van der Waals surface area contributed by atoms with Gasteiger partial charge in [-0.3, -0.25) is 9.59 Å². The zero-order chi connectivity index (χ0) is 13.9. The van der Waals surface area contributed by atoms with Crippen molar-refractivity contribution in [3.63, 3.8) is 0 Å². The highest BCUT2D eigenvalue weighted by molar-refractivity contribution is 6.22. The standard InChI is InChI=1S/C15H22O3/c1-5-7-15(4,18)8-6-12-9-13(16)10(2)11(3)14(12)17/h9,18H,5-8H2,1-4H3/t15-/m1/s1. The Kier molecular flexibility index (Phi) is 4.63. The molecule has 3 nitrogen and oxygen atoms in total. The predicted octanol–water partition coefficient (Wildman–Crippen LogP) is 2.73. The molecule has 0 amide bonds. The zero-order valence-electron chi connectivity index (χ0n) is 11.7. The van der Waals surface area contributed by atoms with Crippen molar-refractivity contribution >= 4 is 11.6 Å². The average Bonchev–Trinajstić information content (AvgIpc) is 2.29. The number of carbonyl (C=O) groups excluding carboxylic acids is 2. The molecule has 100 valence electrons. The molecule has 0 unspecified atom stereocenters. The van der Waals surface area contributed by atoms with Gasteiger partial charge in [0.25, 0.3) is 0 Å². The molecule has 0 radical (unpaired) electrons. The van der Waals surface area contributed by atoms with E-state index in [1.807, 2.05) is 6.92 Å². The fraction of sp³-hybridized carbons (Fsp3) is 0.600. The SMILES string of the molecule is CCC[C@@](C)(O)CCC1=CC(=O)C(C)=C(C)C1=O. The Balaban J connectivity index is 2.73. The summed E-state index contributed by atoms with van der Waals surface area (Å²) >= 11 is 0. The summed E-state index contributed by atoms with van der Waals surface area (Å²) < 4.78 is 0. The summed E-state index contributed by atoms with van der Waals surface area (Å²) in [6, 6.07) is 0. The van der Waals surface area contributed by atoms with E-state index >= 15 is 0 Å². The molecule has 0 spiro atoms. The van der Waals surface area contributed by atoms with Crippen LogP contribution in [0.3, 0.4) is 0 Å². The summed E-state index contributed by atoms with van der Waals surface area (Å²) in [6.45, 7) is 7.16. The van der Waals surface area contributed by atoms with Crippen LogP contribution in [0.4, 0.5) is 0 Å². The lowest BCUT2D eigenvalue weighted by atomic mass is 9.85. The molecule has 1 atom stereocenters. The average molecular weight is 250 g/mol. The minimum atomic E-state index is -0.761. The first-order valence-electron chi connectivity index (χ1n) is 6.48. The molecule has 1 aliphatic carbocycles. The minimum Gasteiger partial charge on any atom is -0.390 e. The number of Topliss-reactive ketones (excluding diaryl/α,β-unsaturated/α-hetero) is 1. The highest BCUT2D eigenvalue weighted by Gasteiger charge is 2.26. The first kappa shape index (κ1) is 14.8. The zero-order valence-corrected chi connectivity index (χ0v) is 11.7. The maximum Gasteiger partial charge on any atom is 0.185 e. The summed E-state index contributed by atoms with van der Waals surface area (Å²) in [7, 11) is 0. The maximum absolute atomic E-state index is 12.0. The smallest absolute Gasteiger partial charge is 0.185 e. The van der Waals surface area contributed by atoms with E-state index in [0.29, 0.717) is 36.0 Å². The summed E-state index contributed by atoms with van der Waals surface area (Å²) in [5, 5.41) is 10.1. The first-order valence-corrected chi connectivity index (χ1v) is 6.48. The van der Waals surface area contributed by atoms with Gasteiger partial charge < -0.3 is 5.11 Å². The number of ketones is 2. The minimum absolute atomic E-state index is 0.0561. The lowest BCUT2D eigenvalue weighted by molar-refractivity contribution is -0.116. The number of aliphatic hydroxyl groups is 1. The number of hydrogen-bond acceptors (Lipinski definition) is 3. The molecule has 0 saturated carbocycles. The third-order valence-corrected chi connectivity index (χ3v) is 3.59.